The molecule has 18 heavy (non-hydrogen) atoms. The van der Waals surface area contributed by atoms with Crippen LogP contribution < -0.4 is 11.1 Å². The summed E-state index contributed by atoms with van der Waals surface area (Å²) in [6, 6.07) is 8.75. The van der Waals surface area contributed by atoms with Crippen molar-refractivity contribution in [3.63, 3.8) is 0 Å². The van der Waals surface area contributed by atoms with Gasteiger partial charge in [0, 0.05) is 12.6 Å². The lowest BCUT2D eigenvalue weighted by Crippen LogP contribution is -2.36. The second kappa shape index (κ2) is 7.01. The van der Waals surface area contributed by atoms with Gasteiger partial charge in [-0.2, -0.15) is 0 Å². The van der Waals surface area contributed by atoms with Gasteiger partial charge < -0.3 is 16.0 Å². The fourth-order valence-corrected chi connectivity index (χ4v) is 1.71. The van der Waals surface area contributed by atoms with Crippen LogP contribution in [0.25, 0.3) is 0 Å². The van der Waals surface area contributed by atoms with Crippen LogP contribution in [-0.2, 0) is 13.1 Å². The van der Waals surface area contributed by atoms with Crippen LogP contribution in [0.15, 0.2) is 29.3 Å². The quantitative estimate of drug-likeness (QED) is 0.614. The van der Waals surface area contributed by atoms with Crippen molar-refractivity contribution >= 4 is 5.96 Å². The van der Waals surface area contributed by atoms with Crippen LogP contribution in [0.3, 0.4) is 0 Å². The zero-order valence-corrected chi connectivity index (χ0v) is 11.8. The smallest absolute Gasteiger partial charge is 0.189 e. The molecular weight excluding hydrogens is 224 g/mol. The molecule has 4 heteroatoms. The van der Waals surface area contributed by atoms with Crippen molar-refractivity contribution < 1.29 is 0 Å². The molecule has 0 spiro atoms. The van der Waals surface area contributed by atoms with Crippen molar-refractivity contribution in [3.05, 3.63) is 35.4 Å². The summed E-state index contributed by atoms with van der Waals surface area (Å²) in [5.74, 6) is 0.503. The molecule has 1 aromatic carbocycles. The van der Waals surface area contributed by atoms with Gasteiger partial charge in [0.15, 0.2) is 5.96 Å². The lowest BCUT2D eigenvalue weighted by molar-refractivity contribution is 0.402. The van der Waals surface area contributed by atoms with Crippen LogP contribution >= 0.6 is 0 Å². The summed E-state index contributed by atoms with van der Waals surface area (Å²) in [5, 5.41) is 3.08. The Morgan fingerprint density at radius 2 is 2.00 bits per heavy atom. The van der Waals surface area contributed by atoms with Crippen molar-refractivity contribution in [2.75, 3.05) is 14.1 Å². The minimum absolute atomic E-state index is 0.314. The number of hydrogen-bond acceptors (Lipinski definition) is 2. The maximum Gasteiger partial charge on any atom is 0.189 e. The summed E-state index contributed by atoms with van der Waals surface area (Å²) < 4.78 is 0. The maximum atomic E-state index is 5.77. The fourth-order valence-electron chi connectivity index (χ4n) is 1.71. The van der Waals surface area contributed by atoms with E-state index in [4.69, 9.17) is 5.73 Å². The van der Waals surface area contributed by atoms with E-state index in [2.05, 4.69) is 53.6 Å². The normalized spacial score (nSPS) is 12.2. The number of rotatable bonds is 5. The molecule has 0 amide bonds. The van der Waals surface area contributed by atoms with Crippen LogP contribution in [0.1, 0.15) is 25.0 Å². The molecule has 100 valence electrons. The average molecular weight is 248 g/mol. The standard InChI is InChI=1S/C14H24N4/c1-11(2)17-14(15)16-9-12-6-5-7-13(8-12)10-18(3)4/h5-8,11H,9-10H2,1-4H3,(H3,15,16,17). The number of hydrogen-bond donors (Lipinski definition) is 2. The van der Waals surface area contributed by atoms with Gasteiger partial charge in [-0.25, -0.2) is 4.99 Å². The van der Waals surface area contributed by atoms with Gasteiger partial charge in [0.1, 0.15) is 0 Å². The fraction of sp³-hybridized carbons (Fsp3) is 0.500. The van der Waals surface area contributed by atoms with Gasteiger partial charge in [-0.1, -0.05) is 24.3 Å². The van der Waals surface area contributed by atoms with Gasteiger partial charge in [0.05, 0.1) is 6.54 Å². The first-order chi connectivity index (χ1) is 8.47. The van der Waals surface area contributed by atoms with E-state index in [0.29, 0.717) is 18.5 Å². The highest BCUT2D eigenvalue weighted by molar-refractivity contribution is 5.78. The Morgan fingerprint density at radius 1 is 1.33 bits per heavy atom. The van der Waals surface area contributed by atoms with Gasteiger partial charge >= 0.3 is 0 Å². The van der Waals surface area contributed by atoms with Crippen LogP contribution in [-0.4, -0.2) is 31.0 Å². The topological polar surface area (TPSA) is 53.6 Å². The molecule has 0 saturated carbocycles. The predicted molar refractivity (Wildman–Crippen MR) is 77.4 cm³/mol. The summed E-state index contributed by atoms with van der Waals surface area (Å²) in [6.45, 7) is 5.64. The second-order valence-electron chi connectivity index (χ2n) is 5.06. The van der Waals surface area contributed by atoms with Gasteiger partial charge in [-0.05, 0) is 39.1 Å². The highest BCUT2D eigenvalue weighted by Crippen LogP contribution is 2.08. The third kappa shape index (κ3) is 5.68. The Morgan fingerprint density at radius 3 is 2.61 bits per heavy atom. The Hall–Kier alpha value is -1.55. The molecule has 0 aliphatic heterocycles. The molecule has 0 unspecified atom stereocenters. The Balaban J connectivity index is 2.62. The van der Waals surface area contributed by atoms with Gasteiger partial charge in [-0.3, -0.25) is 0 Å². The van der Waals surface area contributed by atoms with Gasteiger partial charge in [-0.15, -0.1) is 0 Å². The largest absolute Gasteiger partial charge is 0.370 e. The van der Waals surface area contributed by atoms with E-state index < -0.39 is 0 Å². The molecule has 4 nitrogen and oxygen atoms in total. The predicted octanol–water partition coefficient (Wildman–Crippen LogP) is 1.56. The second-order valence-corrected chi connectivity index (χ2v) is 5.06. The maximum absolute atomic E-state index is 5.77. The van der Waals surface area contributed by atoms with Crippen LogP contribution in [0.4, 0.5) is 0 Å². The molecule has 1 rings (SSSR count). The lowest BCUT2D eigenvalue weighted by Gasteiger charge is -2.11. The number of nitrogens with one attached hydrogen (secondary N) is 1. The zero-order chi connectivity index (χ0) is 13.5. The number of guanidine groups is 1. The van der Waals surface area contributed by atoms with E-state index in [9.17, 15) is 0 Å². The first-order valence-electron chi connectivity index (χ1n) is 6.26. The highest BCUT2D eigenvalue weighted by Gasteiger charge is 1.99. The average Bonchev–Trinajstić information content (AvgIpc) is 2.25. The molecule has 0 bridgehead atoms. The zero-order valence-electron chi connectivity index (χ0n) is 11.8. The summed E-state index contributed by atoms with van der Waals surface area (Å²) in [5.41, 5.74) is 8.25. The van der Waals surface area contributed by atoms with Crippen molar-refractivity contribution in [2.24, 2.45) is 10.7 Å². The van der Waals surface area contributed by atoms with Crippen LogP contribution in [0, 0.1) is 0 Å². The third-order valence-corrected chi connectivity index (χ3v) is 2.36. The molecule has 1 aromatic rings. The number of nitrogens with zero attached hydrogens (tertiary/aromatic N) is 2. The minimum atomic E-state index is 0.314. The van der Waals surface area contributed by atoms with E-state index in [-0.39, 0.29) is 0 Å². The van der Waals surface area contributed by atoms with E-state index in [1.54, 1.807) is 0 Å². The summed E-state index contributed by atoms with van der Waals surface area (Å²) in [7, 11) is 4.13. The Labute approximate surface area is 110 Å². The van der Waals surface area contributed by atoms with Crippen LogP contribution in [0.5, 0.6) is 0 Å². The molecule has 3 N–H and O–H groups in total. The Kier molecular flexibility index (Phi) is 5.65. The first kappa shape index (κ1) is 14.5. The first-order valence-corrected chi connectivity index (χ1v) is 6.26. The van der Waals surface area contributed by atoms with E-state index in [1.165, 1.54) is 11.1 Å². The monoisotopic (exact) mass is 248 g/mol. The molecule has 0 heterocycles. The van der Waals surface area contributed by atoms with E-state index in [0.717, 1.165) is 6.54 Å². The molecule has 0 aliphatic rings. The number of nitrogens with two attached hydrogens (primary N) is 1. The molecule has 0 saturated heterocycles. The van der Waals surface area contributed by atoms with E-state index >= 15 is 0 Å². The van der Waals surface area contributed by atoms with Crippen LogP contribution in [0.2, 0.25) is 0 Å². The highest BCUT2D eigenvalue weighted by atomic mass is 15.1. The number of aliphatic imine (C=N–C) groups is 1. The number of benzene rings is 1. The Bertz CT molecular complexity index is 397. The van der Waals surface area contributed by atoms with Gasteiger partial charge in [0.2, 0.25) is 0 Å². The molecule has 0 radical (unpaired) electrons. The molecule has 0 aliphatic carbocycles. The van der Waals surface area contributed by atoms with E-state index in [1.807, 2.05) is 13.8 Å². The third-order valence-electron chi connectivity index (χ3n) is 2.36. The summed E-state index contributed by atoms with van der Waals surface area (Å²) in [4.78, 5) is 6.47. The van der Waals surface area contributed by atoms with Crippen molar-refractivity contribution in [1.29, 1.82) is 0 Å². The van der Waals surface area contributed by atoms with Gasteiger partial charge in [0.25, 0.3) is 0 Å². The molecule has 0 fully saturated rings. The minimum Gasteiger partial charge on any atom is -0.370 e. The van der Waals surface area contributed by atoms with Crippen molar-refractivity contribution in [2.45, 2.75) is 33.0 Å². The lowest BCUT2D eigenvalue weighted by atomic mass is 10.1. The summed E-state index contributed by atoms with van der Waals surface area (Å²) in [6.07, 6.45) is 0. The SMILES string of the molecule is CC(C)NC(N)=NCc1cccc(CN(C)C)c1. The van der Waals surface area contributed by atoms with Crippen molar-refractivity contribution in [1.82, 2.24) is 10.2 Å². The molecule has 0 atom stereocenters. The molecule has 0 aromatic heterocycles. The van der Waals surface area contributed by atoms with Crippen molar-refractivity contribution in [3.8, 4) is 0 Å². The molecular formula is C14H24N4. The summed E-state index contributed by atoms with van der Waals surface area (Å²) >= 11 is 0.